The summed E-state index contributed by atoms with van der Waals surface area (Å²) >= 11 is 7.78. The predicted molar refractivity (Wildman–Crippen MR) is 175 cm³/mol. The number of carbonyl (C=O) groups is 1. The lowest BCUT2D eigenvalue weighted by molar-refractivity contribution is -0.109. The monoisotopic (exact) mass is 610 g/mol. The van der Waals surface area contributed by atoms with Gasteiger partial charge in [0, 0.05) is 36.1 Å². The van der Waals surface area contributed by atoms with Gasteiger partial charge in [0.2, 0.25) is 6.79 Å². The number of likely N-dealkylation sites (tertiary alicyclic amines) is 1. The van der Waals surface area contributed by atoms with Crippen molar-refractivity contribution in [1.82, 2.24) is 4.90 Å². The number of aryl methyl sites for hydroxylation is 2. The molecule has 0 unspecified atom stereocenters. The molecule has 0 bridgehead atoms. The van der Waals surface area contributed by atoms with Crippen molar-refractivity contribution in [2.45, 2.75) is 52.0 Å². The molecule has 1 N–H and O–H groups in total. The number of nitrogens with zero attached hydrogens (tertiary/aromatic N) is 1. The predicted octanol–water partition coefficient (Wildman–Crippen LogP) is 7.70. The van der Waals surface area contributed by atoms with Crippen LogP contribution in [0, 0.1) is 6.92 Å². The van der Waals surface area contributed by atoms with E-state index in [4.69, 9.17) is 25.8 Å². The Kier molecular flexibility index (Phi) is 11.9. The quantitative estimate of drug-likeness (QED) is 0.176. The number of rotatable bonds is 11. The topological polar surface area (TPSA) is 60.0 Å². The number of hydrogen-bond acceptors (Lipinski definition) is 7. The molecule has 3 aromatic rings. The van der Waals surface area contributed by atoms with Crippen LogP contribution in [0.4, 0.5) is 5.69 Å². The average molecular weight is 611 g/mol. The van der Waals surface area contributed by atoms with E-state index in [2.05, 4.69) is 55.4 Å². The minimum atomic E-state index is 0.218. The van der Waals surface area contributed by atoms with Crippen molar-refractivity contribution in [2.24, 2.45) is 0 Å². The highest BCUT2D eigenvalue weighted by molar-refractivity contribution is 7.98. The van der Waals surface area contributed by atoms with E-state index in [0.29, 0.717) is 19.1 Å². The minimum Gasteiger partial charge on any atom is -0.493 e. The van der Waals surface area contributed by atoms with Gasteiger partial charge in [-0.1, -0.05) is 43.6 Å². The fourth-order valence-electron chi connectivity index (χ4n) is 5.98. The second-order valence-corrected chi connectivity index (χ2v) is 12.0. The van der Waals surface area contributed by atoms with Gasteiger partial charge in [-0.2, -0.15) is 11.8 Å². The number of fused-ring (bicyclic) bond motifs is 1. The lowest BCUT2D eigenvalue weighted by atomic mass is 9.90. The van der Waals surface area contributed by atoms with E-state index in [9.17, 15) is 4.79 Å². The lowest BCUT2D eigenvalue weighted by Crippen LogP contribution is -2.25. The van der Waals surface area contributed by atoms with Crippen molar-refractivity contribution in [3.63, 3.8) is 0 Å². The maximum atomic E-state index is 11.3. The van der Waals surface area contributed by atoms with Crippen LogP contribution in [0.25, 0.3) is 0 Å². The van der Waals surface area contributed by atoms with Gasteiger partial charge >= 0.3 is 0 Å². The smallest absolute Gasteiger partial charge is 0.231 e. The zero-order valence-corrected chi connectivity index (χ0v) is 26.9. The normalized spacial score (nSPS) is 17.5. The molecule has 0 radical (unpaired) electrons. The molecule has 2 heterocycles. The first-order valence-corrected chi connectivity index (χ1v) is 16.5. The summed E-state index contributed by atoms with van der Waals surface area (Å²) in [6.45, 7) is 8.69. The van der Waals surface area contributed by atoms with Crippen LogP contribution in [-0.2, 0) is 17.6 Å². The number of nitrogens with one attached hydrogen (secondary N) is 1. The molecule has 8 heteroatoms. The molecule has 0 saturated carbocycles. The molecule has 226 valence electrons. The highest BCUT2D eigenvalue weighted by Gasteiger charge is 2.35. The lowest BCUT2D eigenvalue weighted by Gasteiger charge is -2.22. The molecule has 5 rings (SSSR count). The van der Waals surface area contributed by atoms with Crippen molar-refractivity contribution in [3.8, 4) is 17.2 Å². The number of aldehydes is 1. The third-order valence-electron chi connectivity index (χ3n) is 8.08. The molecular weight excluding hydrogens is 568 g/mol. The van der Waals surface area contributed by atoms with Crippen LogP contribution in [0.5, 0.6) is 17.2 Å². The first kappa shape index (κ1) is 32.1. The van der Waals surface area contributed by atoms with E-state index in [-0.39, 0.29) is 12.8 Å². The molecule has 1 saturated heterocycles. The SMILES string of the molecule is CCc1cc(Cl)cc(CC)c1NC.CSCCOc1ccc([C@H]2C[C@@H](c3ccc4c(c3C)OCO4)CN2CC=O)cc1. The second kappa shape index (κ2) is 15.6. The van der Waals surface area contributed by atoms with Crippen molar-refractivity contribution in [1.29, 1.82) is 0 Å². The maximum absolute atomic E-state index is 11.3. The molecule has 1 fully saturated rings. The number of hydrogen-bond donors (Lipinski definition) is 1. The number of benzene rings is 3. The third-order valence-corrected chi connectivity index (χ3v) is 8.87. The Hall–Kier alpha value is -2.87. The molecule has 0 spiro atoms. The zero-order valence-electron chi connectivity index (χ0n) is 25.4. The highest BCUT2D eigenvalue weighted by atomic mass is 35.5. The van der Waals surface area contributed by atoms with Crippen LogP contribution >= 0.6 is 23.4 Å². The van der Waals surface area contributed by atoms with Gasteiger partial charge in [-0.3, -0.25) is 4.90 Å². The number of anilines is 1. The first-order chi connectivity index (χ1) is 20.4. The Labute approximate surface area is 260 Å². The molecule has 0 aromatic heterocycles. The van der Waals surface area contributed by atoms with Crippen LogP contribution in [0.1, 0.15) is 60.0 Å². The summed E-state index contributed by atoms with van der Waals surface area (Å²) in [6, 6.07) is 16.8. The standard InChI is InChI=1S/C23H27NO4S.C11H16ClN/c1-16-20(7-8-22-23(16)28-15-27-22)18-13-21(24(14-18)9-10-25)17-3-5-19(6-4-17)26-11-12-29-2;1-4-8-6-10(12)7-9(5-2)11(8)13-3/h3-8,10,18,21H,9,11-15H2,1-2H3;6-7,13H,4-5H2,1-3H3/t18-,21-;/m1./s1. The number of halogens is 1. The van der Waals surface area contributed by atoms with Gasteiger partial charge in [-0.25, -0.2) is 0 Å². The summed E-state index contributed by atoms with van der Waals surface area (Å²) < 4.78 is 16.9. The van der Waals surface area contributed by atoms with Crippen LogP contribution < -0.4 is 19.5 Å². The van der Waals surface area contributed by atoms with E-state index in [1.807, 2.05) is 37.4 Å². The Morgan fingerprint density at radius 1 is 1.10 bits per heavy atom. The van der Waals surface area contributed by atoms with Crippen LogP contribution in [0.3, 0.4) is 0 Å². The largest absolute Gasteiger partial charge is 0.493 e. The molecular formula is C34H43ClN2O4S. The van der Waals surface area contributed by atoms with E-state index in [1.54, 1.807) is 11.8 Å². The fourth-order valence-corrected chi connectivity index (χ4v) is 6.49. The Bertz CT molecular complexity index is 1310. The zero-order chi connectivity index (χ0) is 30.1. The molecule has 2 aliphatic rings. The van der Waals surface area contributed by atoms with Gasteiger partial charge in [0.15, 0.2) is 11.5 Å². The second-order valence-electron chi connectivity index (χ2n) is 10.5. The van der Waals surface area contributed by atoms with E-state index >= 15 is 0 Å². The van der Waals surface area contributed by atoms with E-state index in [1.165, 1.54) is 27.9 Å². The number of ether oxygens (including phenoxy) is 3. The molecule has 2 aliphatic heterocycles. The highest BCUT2D eigenvalue weighted by Crippen LogP contribution is 2.45. The Morgan fingerprint density at radius 2 is 1.81 bits per heavy atom. The third kappa shape index (κ3) is 7.55. The average Bonchev–Trinajstić information content (AvgIpc) is 3.66. The minimum absolute atomic E-state index is 0.218. The molecule has 42 heavy (non-hydrogen) atoms. The molecule has 2 atom stereocenters. The van der Waals surface area contributed by atoms with Gasteiger partial charge in [-0.05, 0) is 96.5 Å². The molecule has 3 aromatic carbocycles. The van der Waals surface area contributed by atoms with Gasteiger partial charge in [0.05, 0.1) is 13.2 Å². The van der Waals surface area contributed by atoms with Gasteiger partial charge < -0.3 is 24.3 Å². The van der Waals surface area contributed by atoms with Crippen molar-refractivity contribution in [2.75, 3.05) is 50.9 Å². The first-order valence-electron chi connectivity index (χ1n) is 14.7. The summed E-state index contributed by atoms with van der Waals surface area (Å²) in [5.74, 6) is 3.91. The summed E-state index contributed by atoms with van der Waals surface area (Å²) in [6.07, 6.45) is 6.09. The van der Waals surface area contributed by atoms with Crippen molar-refractivity contribution in [3.05, 3.63) is 81.4 Å². The van der Waals surface area contributed by atoms with Gasteiger partial charge in [-0.15, -0.1) is 0 Å². The Morgan fingerprint density at radius 3 is 2.43 bits per heavy atom. The van der Waals surface area contributed by atoms with Crippen LogP contribution in [0.15, 0.2) is 48.5 Å². The van der Waals surface area contributed by atoms with Crippen LogP contribution in [0.2, 0.25) is 5.02 Å². The van der Waals surface area contributed by atoms with Gasteiger partial charge in [0.25, 0.3) is 0 Å². The van der Waals surface area contributed by atoms with E-state index in [0.717, 1.165) is 65.7 Å². The fraction of sp³-hybridized carbons (Fsp3) is 0.441. The molecule has 6 nitrogen and oxygen atoms in total. The Balaban J connectivity index is 0.000000262. The summed E-state index contributed by atoms with van der Waals surface area (Å²) in [5.41, 5.74) is 7.50. The van der Waals surface area contributed by atoms with E-state index < -0.39 is 0 Å². The number of carbonyl (C=O) groups excluding carboxylic acids is 1. The summed E-state index contributed by atoms with van der Waals surface area (Å²) in [5, 5.41) is 4.08. The van der Waals surface area contributed by atoms with Crippen LogP contribution in [-0.4, -0.2) is 56.7 Å². The summed E-state index contributed by atoms with van der Waals surface area (Å²) in [7, 11) is 1.96. The molecule has 0 amide bonds. The van der Waals surface area contributed by atoms with Crippen molar-refractivity contribution >= 4 is 35.3 Å². The van der Waals surface area contributed by atoms with Crippen molar-refractivity contribution < 1.29 is 19.0 Å². The number of thioether (sulfide) groups is 1. The molecule has 0 aliphatic carbocycles. The summed E-state index contributed by atoms with van der Waals surface area (Å²) in [4.78, 5) is 13.6. The van der Waals surface area contributed by atoms with Gasteiger partial charge in [0.1, 0.15) is 12.0 Å². The maximum Gasteiger partial charge on any atom is 0.231 e.